The third kappa shape index (κ3) is 5.06. The van der Waals surface area contributed by atoms with Crippen LogP contribution in [0.1, 0.15) is 5.56 Å². The second-order valence-corrected chi connectivity index (χ2v) is 8.44. The van der Waals surface area contributed by atoms with Gasteiger partial charge in [0.05, 0.1) is 22.3 Å². The van der Waals surface area contributed by atoms with Gasteiger partial charge in [-0.3, -0.25) is 24.3 Å². The molecule has 0 saturated carbocycles. The fourth-order valence-electron chi connectivity index (χ4n) is 3.37. The maximum absolute atomic E-state index is 13.4. The zero-order valence-corrected chi connectivity index (χ0v) is 19.7. The van der Waals surface area contributed by atoms with E-state index in [1.165, 1.54) is 35.9 Å². The second kappa shape index (κ2) is 10.5. The van der Waals surface area contributed by atoms with Crippen LogP contribution in [0.15, 0.2) is 83.7 Å². The molecule has 0 fully saturated rings. The summed E-state index contributed by atoms with van der Waals surface area (Å²) in [5, 5.41) is 23.5. The molecular formula is C26H18N4O5S. The molecule has 0 bridgehead atoms. The van der Waals surface area contributed by atoms with Crippen LogP contribution < -0.4 is 24.8 Å². The molecule has 3 aromatic carbocycles. The Labute approximate surface area is 208 Å². The Balaban J connectivity index is 1.88. The third-order valence-electron chi connectivity index (χ3n) is 5.14. The molecule has 0 radical (unpaired) electrons. The fourth-order valence-corrected chi connectivity index (χ4v) is 4.47. The summed E-state index contributed by atoms with van der Waals surface area (Å²) in [5.41, 5.74) is 0.770. The highest BCUT2D eigenvalue weighted by atomic mass is 32.1. The van der Waals surface area contributed by atoms with Gasteiger partial charge >= 0.3 is 0 Å². The van der Waals surface area contributed by atoms with Crippen molar-refractivity contribution in [1.82, 2.24) is 4.57 Å². The molecule has 0 unspecified atom stereocenters. The lowest BCUT2D eigenvalue weighted by Crippen LogP contribution is -2.32. The number of rotatable bonds is 6. The summed E-state index contributed by atoms with van der Waals surface area (Å²) in [6.45, 7) is 0. The molecule has 0 saturated heterocycles. The van der Waals surface area contributed by atoms with E-state index < -0.39 is 16.4 Å². The number of hydrogen-bond donors (Lipinski definition) is 1. The van der Waals surface area contributed by atoms with Gasteiger partial charge in [0.1, 0.15) is 16.5 Å². The lowest BCUT2D eigenvalue weighted by atomic mass is 10.2. The van der Waals surface area contributed by atoms with Gasteiger partial charge in [0.2, 0.25) is 0 Å². The van der Waals surface area contributed by atoms with E-state index in [1.807, 2.05) is 6.07 Å². The number of nitro benzene ring substituents is 1. The van der Waals surface area contributed by atoms with Crippen LogP contribution in [-0.4, -0.2) is 22.5 Å². The number of carbonyl (C=O) groups excluding carboxylic acids is 1. The lowest BCUT2D eigenvalue weighted by Gasteiger charge is -2.06. The van der Waals surface area contributed by atoms with Gasteiger partial charge in [-0.2, -0.15) is 5.26 Å². The number of amides is 1. The zero-order chi connectivity index (χ0) is 25.7. The van der Waals surface area contributed by atoms with Crippen molar-refractivity contribution in [2.75, 3.05) is 12.4 Å². The fraction of sp³-hybridized carbons (Fsp3) is 0.0385. The highest BCUT2D eigenvalue weighted by Crippen LogP contribution is 2.16. The number of thiazole rings is 1. The quantitative estimate of drug-likeness (QED) is 0.322. The number of non-ortho nitro benzene ring substituents is 1. The van der Waals surface area contributed by atoms with Crippen molar-refractivity contribution in [3.05, 3.63) is 114 Å². The molecule has 36 heavy (non-hydrogen) atoms. The molecule has 1 amide bonds. The Morgan fingerprint density at radius 3 is 2.33 bits per heavy atom. The first-order valence-corrected chi connectivity index (χ1v) is 11.4. The highest BCUT2D eigenvalue weighted by Gasteiger charge is 2.17. The van der Waals surface area contributed by atoms with Crippen molar-refractivity contribution < 1.29 is 14.5 Å². The van der Waals surface area contributed by atoms with Crippen LogP contribution in [0.25, 0.3) is 17.3 Å². The summed E-state index contributed by atoms with van der Waals surface area (Å²) in [4.78, 5) is 36.9. The Bertz CT molecular complexity index is 1650. The van der Waals surface area contributed by atoms with Gasteiger partial charge in [-0.25, -0.2) is 0 Å². The van der Waals surface area contributed by atoms with E-state index in [0.717, 1.165) is 11.3 Å². The molecule has 4 aromatic rings. The maximum Gasteiger partial charge on any atom is 0.273 e. The minimum Gasteiger partial charge on any atom is -0.497 e. The number of methoxy groups -OCH3 is 1. The molecule has 1 N–H and O–H groups in total. The monoisotopic (exact) mass is 498 g/mol. The SMILES string of the molecule is COc1ccc(NC(=O)C(C#N)=c2sc(=Cc3ccc([N+](=O)[O-])cc3)c(=O)n2-c2ccccc2)cc1. The number of nitrogens with zero attached hydrogens (tertiary/aromatic N) is 3. The van der Waals surface area contributed by atoms with Crippen molar-refractivity contribution in [3.63, 3.8) is 0 Å². The third-order valence-corrected chi connectivity index (χ3v) is 6.23. The number of benzene rings is 3. The molecule has 0 atom stereocenters. The molecule has 4 rings (SSSR count). The molecule has 9 nitrogen and oxygen atoms in total. The number of carbonyl (C=O) groups is 1. The molecule has 0 spiro atoms. The van der Waals surface area contributed by atoms with E-state index in [1.54, 1.807) is 60.7 Å². The predicted molar refractivity (Wildman–Crippen MR) is 136 cm³/mol. The molecule has 178 valence electrons. The first-order chi connectivity index (χ1) is 17.4. The number of nitro groups is 1. The Morgan fingerprint density at radius 2 is 1.75 bits per heavy atom. The van der Waals surface area contributed by atoms with Gasteiger partial charge in [0.25, 0.3) is 17.2 Å². The topological polar surface area (TPSA) is 127 Å². The number of nitrogens with one attached hydrogen (secondary N) is 1. The molecular weight excluding hydrogens is 480 g/mol. The number of aromatic nitrogens is 1. The average molecular weight is 499 g/mol. The van der Waals surface area contributed by atoms with Gasteiger partial charge in [0, 0.05) is 17.8 Å². The number of anilines is 1. The molecule has 0 aliphatic rings. The van der Waals surface area contributed by atoms with Gasteiger partial charge < -0.3 is 10.1 Å². The minimum atomic E-state index is -0.671. The van der Waals surface area contributed by atoms with Crippen LogP contribution >= 0.6 is 11.3 Å². The van der Waals surface area contributed by atoms with Crippen LogP contribution in [-0.2, 0) is 4.79 Å². The van der Waals surface area contributed by atoms with Crippen molar-refractivity contribution in [3.8, 4) is 17.5 Å². The van der Waals surface area contributed by atoms with Crippen molar-refractivity contribution in [1.29, 1.82) is 5.26 Å². The first kappa shape index (κ1) is 24.1. The normalized spacial score (nSPS) is 11.9. The van der Waals surface area contributed by atoms with E-state index in [4.69, 9.17) is 4.74 Å². The van der Waals surface area contributed by atoms with Crippen LogP contribution in [0, 0.1) is 21.4 Å². The number of para-hydroxylation sites is 1. The second-order valence-electron chi connectivity index (χ2n) is 7.41. The number of ether oxygens (including phenoxy) is 1. The lowest BCUT2D eigenvalue weighted by molar-refractivity contribution is -0.384. The smallest absolute Gasteiger partial charge is 0.273 e. The van der Waals surface area contributed by atoms with Crippen LogP contribution in [0.5, 0.6) is 5.75 Å². The predicted octanol–water partition coefficient (Wildman–Crippen LogP) is 2.96. The highest BCUT2D eigenvalue weighted by molar-refractivity contribution is 7.07. The van der Waals surface area contributed by atoms with Crippen LogP contribution in [0.2, 0.25) is 0 Å². The molecule has 0 aliphatic carbocycles. The first-order valence-electron chi connectivity index (χ1n) is 10.5. The summed E-state index contributed by atoms with van der Waals surface area (Å²) in [6.07, 6.45) is 1.57. The molecule has 0 aliphatic heterocycles. The molecule has 1 aromatic heterocycles. The van der Waals surface area contributed by atoms with Crippen molar-refractivity contribution in [2.45, 2.75) is 0 Å². The summed E-state index contributed by atoms with van der Waals surface area (Å²) in [7, 11) is 1.53. The summed E-state index contributed by atoms with van der Waals surface area (Å²) >= 11 is 0.985. The number of nitriles is 1. The van der Waals surface area contributed by atoms with Gasteiger partial charge in [-0.05, 0) is 60.2 Å². The standard InChI is InChI=1S/C26H18N4O5S/c1-35-21-13-9-18(10-14-21)28-24(31)22(16-27)26-29(19-5-3-2-4-6-19)25(32)23(36-26)15-17-7-11-20(12-8-17)30(33)34/h2-15H,1H3,(H,28,31). The average Bonchev–Trinajstić information content (AvgIpc) is 3.21. The largest absolute Gasteiger partial charge is 0.497 e. The van der Waals surface area contributed by atoms with Gasteiger partial charge in [-0.15, -0.1) is 11.3 Å². The Morgan fingerprint density at radius 1 is 1.08 bits per heavy atom. The van der Waals surface area contributed by atoms with Gasteiger partial charge in [0.15, 0.2) is 5.57 Å². The Kier molecular flexibility index (Phi) is 7.04. The van der Waals surface area contributed by atoms with Crippen molar-refractivity contribution in [2.24, 2.45) is 0 Å². The molecule has 10 heteroatoms. The van der Waals surface area contributed by atoms with Crippen molar-refractivity contribution >= 4 is 40.3 Å². The van der Waals surface area contributed by atoms with E-state index in [0.29, 0.717) is 22.7 Å². The Hall–Kier alpha value is -5.01. The maximum atomic E-state index is 13.4. The number of hydrogen-bond acceptors (Lipinski definition) is 7. The van der Waals surface area contributed by atoms with Crippen LogP contribution in [0.4, 0.5) is 11.4 Å². The van der Waals surface area contributed by atoms with E-state index in [2.05, 4.69) is 5.32 Å². The van der Waals surface area contributed by atoms with E-state index in [-0.39, 0.29) is 20.5 Å². The minimum absolute atomic E-state index is 0.0731. The van der Waals surface area contributed by atoms with Gasteiger partial charge in [-0.1, -0.05) is 18.2 Å². The van der Waals surface area contributed by atoms with E-state index >= 15 is 0 Å². The van der Waals surface area contributed by atoms with E-state index in [9.17, 15) is 25.0 Å². The molecule has 1 heterocycles. The summed E-state index contributed by atoms with van der Waals surface area (Å²) in [6, 6.07) is 22.9. The van der Waals surface area contributed by atoms with Crippen LogP contribution in [0.3, 0.4) is 0 Å². The summed E-state index contributed by atoms with van der Waals surface area (Å²) in [5.74, 6) is -0.0597. The zero-order valence-electron chi connectivity index (χ0n) is 18.9. The summed E-state index contributed by atoms with van der Waals surface area (Å²) < 4.78 is 6.85.